The Balaban J connectivity index is 2.06. The van der Waals surface area contributed by atoms with Crippen LogP contribution >= 0.6 is 0 Å². The van der Waals surface area contributed by atoms with Gasteiger partial charge in [-0.05, 0) is 25.7 Å². The second kappa shape index (κ2) is 2.76. The van der Waals surface area contributed by atoms with Gasteiger partial charge in [-0.1, -0.05) is 6.42 Å². The van der Waals surface area contributed by atoms with E-state index >= 15 is 0 Å². The Morgan fingerprint density at radius 3 is 2.45 bits per heavy atom. The summed E-state index contributed by atoms with van der Waals surface area (Å²) >= 11 is 0. The minimum Gasteiger partial charge on any atom is -0.393 e. The molecule has 1 atom stereocenters. The van der Waals surface area contributed by atoms with E-state index < -0.39 is 0 Å². The highest BCUT2D eigenvalue weighted by Gasteiger charge is 2.42. The van der Waals surface area contributed by atoms with Gasteiger partial charge in [0.1, 0.15) is 0 Å². The number of aliphatic hydroxyl groups excluding tert-OH is 1. The molecule has 2 heteroatoms. The summed E-state index contributed by atoms with van der Waals surface area (Å²) in [6.45, 7) is 1.72. The zero-order chi connectivity index (χ0) is 7.73. The number of aliphatic hydroxyl groups is 1. The van der Waals surface area contributed by atoms with Crippen LogP contribution in [0.4, 0.5) is 0 Å². The summed E-state index contributed by atoms with van der Waals surface area (Å²) in [5, 5.41) is 9.75. The fourth-order valence-electron chi connectivity index (χ4n) is 2.48. The second-order valence-electron chi connectivity index (χ2n) is 3.88. The molecule has 0 aromatic heterocycles. The van der Waals surface area contributed by atoms with E-state index in [2.05, 4.69) is 0 Å². The van der Waals surface area contributed by atoms with E-state index in [1.807, 2.05) is 0 Å². The lowest BCUT2D eigenvalue weighted by molar-refractivity contribution is -0.0437. The van der Waals surface area contributed by atoms with Crippen LogP contribution in [-0.4, -0.2) is 24.4 Å². The maximum absolute atomic E-state index is 9.75. The van der Waals surface area contributed by atoms with Crippen LogP contribution in [0.5, 0.6) is 0 Å². The topological polar surface area (TPSA) is 29.5 Å². The van der Waals surface area contributed by atoms with Crippen LogP contribution in [0.2, 0.25) is 0 Å². The first-order valence-corrected chi connectivity index (χ1v) is 4.59. The minimum atomic E-state index is -0.0357. The first-order valence-electron chi connectivity index (χ1n) is 4.59. The fourth-order valence-corrected chi connectivity index (χ4v) is 2.48. The van der Waals surface area contributed by atoms with Crippen LogP contribution in [0, 0.1) is 5.41 Å². The molecule has 0 aromatic rings. The molecular weight excluding hydrogens is 140 g/mol. The molecule has 1 saturated carbocycles. The molecule has 1 spiro atoms. The van der Waals surface area contributed by atoms with Crippen molar-refractivity contribution in [3.05, 3.63) is 0 Å². The highest BCUT2D eigenvalue weighted by Crippen LogP contribution is 2.45. The Bertz CT molecular complexity index is 138. The first-order chi connectivity index (χ1) is 5.33. The third-order valence-corrected chi connectivity index (χ3v) is 3.35. The molecule has 11 heavy (non-hydrogen) atoms. The van der Waals surface area contributed by atoms with Gasteiger partial charge in [0, 0.05) is 18.6 Å². The number of hydrogen-bond donors (Lipinski definition) is 1. The maximum Gasteiger partial charge on any atom is 0.0598 e. The van der Waals surface area contributed by atoms with Crippen molar-refractivity contribution in [2.75, 3.05) is 13.2 Å². The molecule has 2 aliphatic rings. The molecule has 1 N–H and O–H groups in total. The van der Waals surface area contributed by atoms with E-state index in [1.165, 1.54) is 12.8 Å². The molecule has 2 fully saturated rings. The Morgan fingerprint density at radius 1 is 1.18 bits per heavy atom. The summed E-state index contributed by atoms with van der Waals surface area (Å²) in [5.74, 6) is 0. The SMILES string of the molecule is O[C@H]1CCCC12CCOCC2. The lowest BCUT2D eigenvalue weighted by Crippen LogP contribution is -2.36. The second-order valence-corrected chi connectivity index (χ2v) is 3.88. The predicted molar refractivity (Wildman–Crippen MR) is 42.3 cm³/mol. The summed E-state index contributed by atoms with van der Waals surface area (Å²) in [6, 6.07) is 0. The van der Waals surface area contributed by atoms with E-state index in [0.29, 0.717) is 0 Å². The van der Waals surface area contributed by atoms with Crippen molar-refractivity contribution in [3.8, 4) is 0 Å². The van der Waals surface area contributed by atoms with Crippen molar-refractivity contribution in [3.63, 3.8) is 0 Å². The van der Waals surface area contributed by atoms with Crippen molar-refractivity contribution in [1.82, 2.24) is 0 Å². The molecule has 0 aromatic carbocycles. The van der Waals surface area contributed by atoms with Crippen LogP contribution in [0.15, 0.2) is 0 Å². The summed E-state index contributed by atoms with van der Waals surface area (Å²) in [5.41, 5.74) is 0.262. The van der Waals surface area contributed by atoms with Gasteiger partial charge in [-0.2, -0.15) is 0 Å². The van der Waals surface area contributed by atoms with Crippen LogP contribution in [0.1, 0.15) is 32.1 Å². The Morgan fingerprint density at radius 2 is 1.91 bits per heavy atom. The van der Waals surface area contributed by atoms with Crippen molar-refractivity contribution >= 4 is 0 Å². The lowest BCUT2D eigenvalue weighted by atomic mass is 9.77. The summed E-state index contributed by atoms with van der Waals surface area (Å²) in [4.78, 5) is 0. The predicted octanol–water partition coefficient (Wildman–Crippen LogP) is 1.33. The van der Waals surface area contributed by atoms with E-state index in [-0.39, 0.29) is 11.5 Å². The third kappa shape index (κ3) is 1.18. The quantitative estimate of drug-likeness (QED) is 0.573. The zero-order valence-corrected chi connectivity index (χ0v) is 6.88. The maximum atomic E-state index is 9.75. The van der Waals surface area contributed by atoms with Crippen LogP contribution in [0.3, 0.4) is 0 Å². The molecule has 64 valence electrons. The van der Waals surface area contributed by atoms with Gasteiger partial charge in [0.15, 0.2) is 0 Å². The number of ether oxygens (including phenoxy) is 1. The largest absolute Gasteiger partial charge is 0.393 e. The molecule has 1 saturated heterocycles. The van der Waals surface area contributed by atoms with Crippen molar-refractivity contribution in [2.45, 2.75) is 38.2 Å². The average Bonchev–Trinajstić information content (AvgIpc) is 2.36. The van der Waals surface area contributed by atoms with Crippen LogP contribution in [0.25, 0.3) is 0 Å². The van der Waals surface area contributed by atoms with Gasteiger partial charge in [0.05, 0.1) is 6.10 Å². The van der Waals surface area contributed by atoms with Gasteiger partial charge >= 0.3 is 0 Å². The van der Waals surface area contributed by atoms with Crippen molar-refractivity contribution < 1.29 is 9.84 Å². The first kappa shape index (κ1) is 7.56. The Hall–Kier alpha value is -0.0800. The molecule has 1 heterocycles. The van der Waals surface area contributed by atoms with Gasteiger partial charge in [-0.15, -0.1) is 0 Å². The fraction of sp³-hybridized carbons (Fsp3) is 1.00. The molecule has 1 aliphatic carbocycles. The number of hydrogen-bond acceptors (Lipinski definition) is 2. The van der Waals surface area contributed by atoms with Crippen LogP contribution in [-0.2, 0) is 4.74 Å². The lowest BCUT2D eigenvalue weighted by Gasteiger charge is -2.36. The zero-order valence-electron chi connectivity index (χ0n) is 6.88. The third-order valence-electron chi connectivity index (χ3n) is 3.35. The van der Waals surface area contributed by atoms with E-state index in [0.717, 1.165) is 32.5 Å². The molecule has 0 unspecified atom stereocenters. The summed E-state index contributed by atoms with van der Waals surface area (Å²) in [7, 11) is 0. The van der Waals surface area contributed by atoms with Gasteiger partial charge in [0.25, 0.3) is 0 Å². The Labute approximate surface area is 67.6 Å². The summed E-state index contributed by atoms with van der Waals surface area (Å²) < 4.78 is 5.29. The molecule has 0 radical (unpaired) electrons. The normalized spacial score (nSPS) is 36.3. The standard InChI is InChI=1S/C9H16O2/c10-8-2-1-3-9(8)4-6-11-7-5-9/h8,10H,1-7H2/t8-/m0/s1. The van der Waals surface area contributed by atoms with Gasteiger partial charge < -0.3 is 9.84 Å². The highest BCUT2D eigenvalue weighted by molar-refractivity contribution is 4.93. The Kier molecular flexibility index (Phi) is 1.90. The van der Waals surface area contributed by atoms with Gasteiger partial charge in [-0.3, -0.25) is 0 Å². The molecule has 1 aliphatic heterocycles. The van der Waals surface area contributed by atoms with E-state index in [9.17, 15) is 5.11 Å². The highest BCUT2D eigenvalue weighted by atomic mass is 16.5. The van der Waals surface area contributed by atoms with Gasteiger partial charge in [-0.25, -0.2) is 0 Å². The monoisotopic (exact) mass is 156 g/mol. The number of rotatable bonds is 0. The molecule has 2 rings (SSSR count). The molecule has 0 bridgehead atoms. The molecular formula is C9H16O2. The average molecular weight is 156 g/mol. The van der Waals surface area contributed by atoms with E-state index in [4.69, 9.17) is 4.74 Å². The molecule has 2 nitrogen and oxygen atoms in total. The smallest absolute Gasteiger partial charge is 0.0598 e. The minimum absolute atomic E-state index is 0.0357. The van der Waals surface area contributed by atoms with Crippen molar-refractivity contribution in [2.24, 2.45) is 5.41 Å². The molecule has 0 amide bonds. The summed E-state index contributed by atoms with van der Waals surface area (Å²) in [6.07, 6.45) is 5.56. The van der Waals surface area contributed by atoms with E-state index in [1.54, 1.807) is 0 Å². The van der Waals surface area contributed by atoms with Gasteiger partial charge in [0.2, 0.25) is 0 Å². The van der Waals surface area contributed by atoms with Crippen LogP contribution < -0.4 is 0 Å². The van der Waals surface area contributed by atoms with Crippen molar-refractivity contribution in [1.29, 1.82) is 0 Å².